The summed E-state index contributed by atoms with van der Waals surface area (Å²) in [5, 5.41) is 15.8. The van der Waals surface area contributed by atoms with Gasteiger partial charge in [0.2, 0.25) is 0 Å². The van der Waals surface area contributed by atoms with E-state index in [4.69, 9.17) is 0 Å². The minimum absolute atomic E-state index is 0.0354. The van der Waals surface area contributed by atoms with E-state index in [0.717, 1.165) is 19.3 Å². The van der Waals surface area contributed by atoms with Gasteiger partial charge in [0.1, 0.15) is 0 Å². The maximum Gasteiger partial charge on any atom is 0.0822 e. The van der Waals surface area contributed by atoms with Gasteiger partial charge >= 0.3 is 0 Å². The highest BCUT2D eigenvalue weighted by molar-refractivity contribution is 6.08. The molecule has 0 spiro atoms. The average Bonchev–Trinajstić information content (AvgIpc) is 2.47. The van der Waals surface area contributed by atoms with Crippen LogP contribution in [0, 0.1) is 0 Å². The second-order valence-corrected chi connectivity index (χ2v) is 4.96. The van der Waals surface area contributed by atoms with Crippen LogP contribution in [0.4, 0.5) is 0 Å². The molecule has 0 atom stereocenters. The lowest BCUT2D eigenvalue weighted by molar-refractivity contribution is 0.187. The highest BCUT2D eigenvalue weighted by Crippen LogP contribution is 2.28. The third kappa shape index (κ3) is 2.34. The molecule has 0 saturated heterocycles. The smallest absolute Gasteiger partial charge is 0.0822 e. The molecule has 0 heterocycles. The molecular formula is C18H17O. The second kappa shape index (κ2) is 5.41. The molecule has 95 valence electrons. The Labute approximate surface area is 113 Å². The summed E-state index contributed by atoms with van der Waals surface area (Å²) >= 11 is 0. The molecule has 1 radical (unpaired) electrons. The molecule has 0 amide bonds. The summed E-state index contributed by atoms with van der Waals surface area (Å²) in [5.41, 5.74) is 1.36. The van der Waals surface area contributed by atoms with Gasteiger partial charge in [0.05, 0.1) is 6.61 Å². The van der Waals surface area contributed by atoms with E-state index in [1.165, 1.54) is 27.1 Å². The minimum atomic E-state index is 0.0354. The van der Waals surface area contributed by atoms with Crippen molar-refractivity contribution in [3.05, 3.63) is 60.2 Å². The topological polar surface area (TPSA) is 19.9 Å². The molecule has 0 unspecified atom stereocenters. The number of fused-ring (bicyclic) bond motifs is 3. The summed E-state index contributed by atoms with van der Waals surface area (Å²) in [5.74, 6) is 0. The molecule has 3 aromatic carbocycles. The van der Waals surface area contributed by atoms with E-state index in [2.05, 4.69) is 54.6 Å². The van der Waals surface area contributed by atoms with Crippen molar-refractivity contribution >= 4 is 21.5 Å². The first-order valence-corrected chi connectivity index (χ1v) is 6.87. The van der Waals surface area contributed by atoms with Crippen molar-refractivity contribution in [1.29, 1.82) is 0 Å². The van der Waals surface area contributed by atoms with Crippen LogP contribution in [0.25, 0.3) is 21.5 Å². The Balaban J connectivity index is 2.12. The molecule has 0 bridgehead atoms. The van der Waals surface area contributed by atoms with Gasteiger partial charge in [-0.25, -0.2) is 5.11 Å². The second-order valence-electron chi connectivity index (χ2n) is 4.96. The first kappa shape index (κ1) is 12.2. The van der Waals surface area contributed by atoms with Crippen molar-refractivity contribution in [3.8, 4) is 0 Å². The van der Waals surface area contributed by atoms with Crippen LogP contribution < -0.4 is 0 Å². The van der Waals surface area contributed by atoms with Crippen LogP contribution in [0.5, 0.6) is 0 Å². The predicted octanol–water partition coefficient (Wildman–Crippen LogP) is 4.75. The Morgan fingerprint density at radius 2 is 1.53 bits per heavy atom. The monoisotopic (exact) mass is 249 g/mol. The highest BCUT2D eigenvalue weighted by Gasteiger charge is 2.04. The van der Waals surface area contributed by atoms with E-state index >= 15 is 0 Å². The Morgan fingerprint density at radius 3 is 2.42 bits per heavy atom. The Kier molecular flexibility index (Phi) is 3.47. The molecule has 0 fully saturated rings. The Hall–Kier alpha value is -1.86. The van der Waals surface area contributed by atoms with Crippen LogP contribution in [0.15, 0.2) is 54.6 Å². The summed E-state index contributed by atoms with van der Waals surface area (Å²) in [6.07, 6.45) is 2.75. The third-order valence-electron chi connectivity index (χ3n) is 3.72. The zero-order valence-electron chi connectivity index (χ0n) is 10.9. The molecule has 0 aliphatic carbocycles. The normalized spacial score (nSPS) is 11.2. The zero-order chi connectivity index (χ0) is 13.1. The van der Waals surface area contributed by atoms with E-state index in [1.807, 2.05) is 0 Å². The summed E-state index contributed by atoms with van der Waals surface area (Å²) in [4.78, 5) is 0. The molecule has 0 saturated carbocycles. The van der Waals surface area contributed by atoms with Gasteiger partial charge in [-0.2, -0.15) is 0 Å². The number of unbranched alkanes of at least 4 members (excludes halogenated alkanes) is 1. The Morgan fingerprint density at radius 1 is 0.684 bits per heavy atom. The van der Waals surface area contributed by atoms with Crippen molar-refractivity contribution in [2.45, 2.75) is 19.3 Å². The molecule has 1 nitrogen and oxygen atoms in total. The SMILES string of the molecule is [O]CCCCc1cccc2c1ccc1ccccc12. The fourth-order valence-corrected chi connectivity index (χ4v) is 2.74. The summed E-state index contributed by atoms with van der Waals surface area (Å²) in [7, 11) is 0. The maximum absolute atomic E-state index is 10.6. The van der Waals surface area contributed by atoms with Gasteiger partial charge in [-0.05, 0) is 46.4 Å². The van der Waals surface area contributed by atoms with Crippen molar-refractivity contribution in [2.24, 2.45) is 0 Å². The Bertz CT molecular complexity index is 700. The first-order chi connectivity index (χ1) is 9.40. The molecule has 3 aromatic rings. The quantitative estimate of drug-likeness (QED) is 0.470. The lowest BCUT2D eigenvalue weighted by Crippen LogP contribution is -1.90. The summed E-state index contributed by atoms with van der Waals surface area (Å²) in [6.45, 7) is 0.0354. The maximum atomic E-state index is 10.6. The molecule has 0 aromatic heterocycles. The average molecular weight is 249 g/mol. The van der Waals surface area contributed by atoms with Crippen LogP contribution >= 0.6 is 0 Å². The summed E-state index contributed by atoms with van der Waals surface area (Å²) in [6, 6.07) is 19.4. The number of aryl methyl sites for hydroxylation is 1. The summed E-state index contributed by atoms with van der Waals surface area (Å²) < 4.78 is 0. The van der Waals surface area contributed by atoms with E-state index in [0.29, 0.717) is 0 Å². The van der Waals surface area contributed by atoms with Gasteiger partial charge in [0.15, 0.2) is 0 Å². The molecule has 1 heteroatoms. The fraction of sp³-hybridized carbons (Fsp3) is 0.222. The van der Waals surface area contributed by atoms with E-state index in [9.17, 15) is 5.11 Å². The molecule has 19 heavy (non-hydrogen) atoms. The van der Waals surface area contributed by atoms with Gasteiger partial charge in [-0.15, -0.1) is 0 Å². The van der Waals surface area contributed by atoms with Gasteiger partial charge in [-0.3, -0.25) is 0 Å². The lowest BCUT2D eigenvalue weighted by atomic mass is 9.96. The van der Waals surface area contributed by atoms with Crippen LogP contribution in [-0.4, -0.2) is 6.61 Å². The van der Waals surface area contributed by atoms with Gasteiger partial charge in [0.25, 0.3) is 0 Å². The fourth-order valence-electron chi connectivity index (χ4n) is 2.74. The number of hydrogen-bond donors (Lipinski definition) is 0. The third-order valence-corrected chi connectivity index (χ3v) is 3.72. The molecule has 0 aliphatic rings. The standard InChI is InChI=1S/C18H17O/c19-13-4-3-7-14-8-5-10-18-16-9-2-1-6-15(16)11-12-17(14)18/h1-2,5-6,8-12H,3-4,7,13H2. The van der Waals surface area contributed by atoms with Crippen molar-refractivity contribution in [2.75, 3.05) is 6.61 Å². The molecule has 3 rings (SSSR count). The first-order valence-electron chi connectivity index (χ1n) is 6.87. The molecule has 0 N–H and O–H groups in total. The van der Waals surface area contributed by atoms with Gasteiger partial charge in [-0.1, -0.05) is 54.6 Å². The van der Waals surface area contributed by atoms with Crippen molar-refractivity contribution < 1.29 is 5.11 Å². The number of rotatable bonds is 4. The highest BCUT2D eigenvalue weighted by atomic mass is 16.2. The molecule has 0 aliphatic heterocycles. The van der Waals surface area contributed by atoms with E-state index in [-0.39, 0.29) is 6.61 Å². The lowest BCUT2D eigenvalue weighted by Gasteiger charge is -2.09. The van der Waals surface area contributed by atoms with Crippen LogP contribution in [0.2, 0.25) is 0 Å². The van der Waals surface area contributed by atoms with Crippen molar-refractivity contribution in [1.82, 2.24) is 0 Å². The minimum Gasteiger partial charge on any atom is -0.237 e. The van der Waals surface area contributed by atoms with Crippen LogP contribution in [0.3, 0.4) is 0 Å². The van der Waals surface area contributed by atoms with Gasteiger partial charge < -0.3 is 0 Å². The molecular weight excluding hydrogens is 232 g/mol. The van der Waals surface area contributed by atoms with E-state index in [1.54, 1.807) is 0 Å². The predicted molar refractivity (Wildman–Crippen MR) is 79.9 cm³/mol. The van der Waals surface area contributed by atoms with Crippen LogP contribution in [0.1, 0.15) is 18.4 Å². The van der Waals surface area contributed by atoms with Gasteiger partial charge in [0, 0.05) is 0 Å². The van der Waals surface area contributed by atoms with E-state index < -0.39 is 0 Å². The zero-order valence-corrected chi connectivity index (χ0v) is 10.9. The largest absolute Gasteiger partial charge is 0.237 e. The van der Waals surface area contributed by atoms with Crippen LogP contribution in [-0.2, 0) is 11.5 Å². The number of hydrogen-bond acceptors (Lipinski definition) is 0. The number of benzene rings is 3. The van der Waals surface area contributed by atoms with Crippen molar-refractivity contribution in [3.63, 3.8) is 0 Å².